The lowest BCUT2D eigenvalue weighted by atomic mass is 10.1. The first-order valence-corrected chi connectivity index (χ1v) is 26.5. The largest absolute Gasteiger partial charge is 0.462 e. The van der Waals surface area contributed by atoms with Gasteiger partial charge in [0.05, 0.1) is 6.61 Å². The molecular formula is C57H100O5. The first kappa shape index (κ1) is 59.3. The first-order chi connectivity index (χ1) is 30.6. The minimum atomic E-state index is -0.550. The van der Waals surface area contributed by atoms with Gasteiger partial charge in [0, 0.05) is 19.4 Å². The summed E-state index contributed by atoms with van der Waals surface area (Å²) in [6.45, 7) is 7.65. The summed E-state index contributed by atoms with van der Waals surface area (Å²) in [7, 11) is 0. The number of hydrogen-bond donors (Lipinski definition) is 0. The molecular weight excluding hydrogens is 765 g/mol. The number of allylic oxidation sites excluding steroid dienone is 12. The fraction of sp³-hybridized carbons (Fsp3) is 0.754. The Morgan fingerprint density at radius 3 is 1.18 bits per heavy atom. The van der Waals surface area contributed by atoms with Crippen LogP contribution in [0.1, 0.15) is 252 Å². The Kier molecular flexibility index (Phi) is 50.4. The smallest absolute Gasteiger partial charge is 0.306 e. The Labute approximate surface area is 385 Å². The lowest BCUT2D eigenvalue weighted by molar-refractivity contribution is -0.163. The Hall–Kier alpha value is -2.66. The molecule has 0 aromatic rings. The highest BCUT2D eigenvalue weighted by Gasteiger charge is 2.17. The molecule has 358 valence electrons. The molecule has 0 rings (SSSR count). The van der Waals surface area contributed by atoms with Crippen molar-refractivity contribution >= 4 is 11.9 Å². The molecule has 1 unspecified atom stereocenters. The molecule has 5 nitrogen and oxygen atoms in total. The SMILES string of the molecule is CC/C=C\C/C=C\C/C=C\C/C=C\C/C=C\CCCCCCOCC(COC(=O)CCCCCCCCC/C=C\CCCCCCCC)OC(=O)CCCCCCCCCCC. The van der Waals surface area contributed by atoms with Crippen LogP contribution in [0.25, 0.3) is 0 Å². The van der Waals surface area contributed by atoms with Gasteiger partial charge in [-0.05, 0) is 89.9 Å². The van der Waals surface area contributed by atoms with Gasteiger partial charge in [0.2, 0.25) is 0 Å². The number of hydrogen-bond acceptors (Lipinski definition) is 5. The Bertz CT molecular complexity index is 1110. The van der Waals surface area contributed by atoms with Gasteiger partial charge in [-0.3, -0.25) is 9.59 Å². The normalized spacial score (nSPS) is 12.8. The quantitative estimate of drug-likeness (QED) is 0.0346. The molecule has 0 saturated carbocycles. The Morgan fingerprint density at radius 2 is 0.726 bits per heavy atom. The summed E-state index contributed by atoms with van der Waals surface area (Å²) in [6, 6.07) is 0. The maximum Gasteiger partial charge on any atom is 0.306 e. The second kappa shape index (κ2) is 52.7. The van der Waals surface area contributed by atoms with E-state index in [2.05, 4.69) is 93.7 Å². The molecule has 0 aromatic carbocycles. The predicted molar refractivity (Wildman–Crippen MR) is 270 cm³/mol. The fourth-order valence-corrected chi connectivity index (χ4v) is 7.30. The van der Waals surface area contributed by atoms with Crippen LogP contribution in [0.3, 0.4) is 0 Å². The van der Waals surface area contributed by atoms with E-state index in [1.807, 2.05) is 0 Å². The van der Waals surface area contributed by atoms with Crippen molar-refractivity contribution in [1.29, 1.82) is 0 Å². The molecule has 0 aliphatic rings. The molecule has 0 aliphatic carbocycles. The lowest BCUT2D eigenvalue weighted by Gasteiger charge is -2.18. The highest BCUT2D eigenvalue weighted by molar-refractivity contribution is 5.70. The van der Waals surface area contributed by atoms with Gasteiger partial charge < -0.3 is 14.2 Å². The molecule has 0 N–H and O–H groups in total. The van der Waals surface area contributed by atoms with Gasteiger partial charge in [0.25, 0.3) is 0 Å². The highest BCUT2D eigenvalue weighted by Crippen LogP contribution is 2.14. The van der Waals surface area contributed by atoms with Crippen molar-refractivity contribution in [2.24, 2.45) is 0 Å². The van der Waals surface area contributed by atoms with Crippen molar-refractivity contribution in [1.82, 2.24) is 0 Å². The van der Waals surface area contributed by atoms with E-state index in [0.717, 1.165) is 83.5 Å². The summed E-state index contributed by atoms with van der Waals surface area (Å²) in [6.07, 6.45) is 67.7. The van der Waals surface area contributed by atoms with E-state index >= 15 is 0 Å². The average molecular weight is 865 g/mol. The molecule has 0 heterocycles. The van der Waals surface area contributed by atoms with Crippen LogP contribution in [0.15, 0.2) is 72.9 Å². The van der Waals surface area contributed by atoms with Gasteiger partial charge in [0.15, 0.2) is 6.10 Å². The van der Waals surface area contributed by atoms with E-state index in [1.54, 1.807) is 0 Å². The van der Waals surface area contributed by atoms with E-state index in [4.69, 9.17) is 14.2 Å². The molecule has 0 radical (unpaired) electrons. The van der Waals surface area contributed by atoms with Crippen molar-refractivity contribution < 1.29 is 23.8 Å². The Balaban J connectivity index is 4.23. The molecule has 0 aliphatic heterocycles. The number of unbranched alkanes of at least 4 members (excludes halogenated alkanes) is 25. The molecule has 0 fully saturated rings. The minimum Gasteiger partial charge on any atom is -0.462 e. The number of esters is 2. The maximum atomic E-state index is 12.7. The highest BCUT2D eigenvalue weighted by atomic mass is 16.6. The molecule has 0 spiro atoms. The summed E-state index contributed by atoms with van der Waals surface area (Å²) in [4.78, 5) is 25.3. The second-order valence-corrected chi connectivity index (χ2v) is 17.4. The Morgan fingerprint density at radius 1 is 0.371 bits per heavy atom. The van der Waals surface area contributed by atoms with Crippen LogP contribution < -0.4 is 0 Å². The molecule has 0 aromatic heterocycles. The van der Waals surface area contributed by atoms with Crippen LogP contribution in [0.2, 0.25) is 0 Å². The molecule has 5 heteroatoms. The predicted octanol–water partition coefficient (Wildman–Crippen LogP) is 17.9. The van der Waals surface area contributed by atoms with Gasteiger partial charge in [-0.25, -0.2) is 0 Å². The zero-order valence-electron chi connectivity index (χ0n) is 41.1. The third-order valence-electron chi connectivity index (χ3n) is 11.2. The zero-order chi connectivity index (χ0) is 44.9. The first-order valence-electron chi connectivity index (χ1n) is 26.5. The van der Waals surface area contributed by atoms with E-state index in [1.165, 1.54) is 135 Å². The standard InChI is InChI=1S/C57H100O5/c1-4-7-10-13-16-19-21-23-25-27-28-29-31-33-35-37-40-43-46-49-52-60-53-55(62-57(59)51-48-45-42-38-18-15-12-9-6-3)54-61-56(58)50-47-44-41-39-36-34-32-30-26-24-22-20-17-14-11-8-5-2/h7,10,16,19,23-26,28-29,33,35,55H,4-6,8-9,11-15,17-18,20-22,27,30-32,34,36-54H2,1-3H3/b10-7-,19-16-,25-23-,26-24-,29-28-,35-33-. The maximum absolute atomic E-state index is 12.7. The fourth-order valence-electron chi connectivity index (χ4n) is 7.30. The van der Waals surface area contributed by atoms with Gasteiger partial charge in [-0.15, -0.1) is 0 Å². The van der Waals surface area contributed by atoms with E-state index in [0.29, 0.717) is 19.4 Å². The summed E-state index contributed by atoms with van der Waals surface area (Å²) in [5, 5.41) is 0. The van der Waals surface area contributed by atoms with E-state index in [9.17, 15) is 9.59 Å². The van der Waals surface area contributed by atoms with Gasteiger partial charge in [-0.2, -0.15) is 0 Å². The molecule has 0 bridgehead atoms. The summed E-state index contributed by atoms with van der Waals surface area (Å²) < 4.78 is 17.4. The monoisotopic (exact) mass is 865 g/mol. The van der Waals surface area contributed by atoms with Crippen molar-refractivity contribution in [2.45, 2.75) is 258 Å². The second-order valence-electron chi connectivity index (χ2n) is 17.4. The molecule has 0 saturated heterocycles. The minimum absolute atomic E-state index is 0.0724. The molecule has 62 heavy (non-hydrogen) atoms. The average Bonchev–Trinajstić information content (AvgIpc) is 3.27. The summed E-state index contributed by atoms with van der Waals surface area (Å²) >= 11 is 0. The van der Waals surface area contributed by atoms with Crippen molar-refractivity contribution in [3.05, 3.63) is 72.9 Å². The summed E-state index contributed by atoms with van der Waals surface area (Å²) in [5.41, 5.74) is 0. The molecule has 1 atom stereocenters. The zero-order valence-corrected chi connectivity index (χ0v) is 41.1. The van der Waals surface area contributed by atoms with Crippen LogP contribution in [0.5, 0.6) is 0 Å². The third-order valence-corrected chi connectivity index (χ3v) is 11.2. The van der Waals surface area contributed by atoms with Gasteiger partial charge in [-0.1, -0.05) is 222 Å². The number of rotatable bonds is 48. The van der Waals surface area contributed by atoms with Crippen molar-refractivity contribution in [2.75, 3.05) is 19.8 Å². The van der Waals surface area contributed by atoms with E-state index in [-0.39, 0.29) is 25.2 Å². The van der Waals surface area contributed by atoms with Crippen LogP contribution in [-0.2, 0) is 23.8 Å². The van der Waals surface area contributed by atoms with Crippen LogP contribution in [-0.4, -0.2) is 37.9 Å². The van der Waals surface area contributed by atoms with Crippen molar-refractivity contribution in [3.8, 4) is 0 Å². The number of ether oxygens (including phenoxy) is 3. The van der Waals surface area contributed by atoms with Crippen LogP contribution >= 0.6 is 0 Å². The van der Waals surface area contributed by atoms with Crippen LogP contribution in [0, 0.1) is 0 Å². The van der Waals surface area contributed by atoms with Gasteiger partial charge in [0.1, 0.15) is 6.61 Å². The molecule has 0 amide bonds. The topological polar surface area (TPSA) is 61.8 Å². The van der Waals surface area contributed by atoms with Crippen molar-refractivity contribution in [3.63, 3.8) is 0 Å². The lowest BCUT2D eigenvalue weighted by Crippen LogP contribution is -2.30. The number of carbonyl (C=O) groups is 2. The summed E-state index contributed by atoms with van der Waals surface area (Å²) in [5.74, 6) is -0.415. The van der Waals surface area contributed by atoms with Crippen LogP contribution in [0.4, 0.5) is 0 Å². The number of carbonyl (C=O) groups excluding carboxylic acids is 2. The van der Waals surface area contributed by atoms with Gasteiger partial charge >= 0.3 is 11.9 Å². The third kappa shape index (κ3) is 50.0. The van der Waals surface area contributed by atoms with E-state index < -0.39 is 6.10 Å².